The number of carbonyl (C=O) groups is 1. The first kappa shape index (κ1) is 15.7. The third-order valence-electron chi connectivity index (χ3n) is 2.56. The fourth-order valence-corrected chi connectivity index (χ4v) is 3.00. The zero-order valence-electron chi connectivity index (χ0n) is 10.7. The zero-order valence-corrected chi connectivity index (χ0v) is 12.3. The van der Waals surface area contributed by atoms with Gasteiger partial charge in [-0.15, -0.1) is 0 Å². The molecular formula is C11H16ClN3O3S. The first-order chi connectivity index (χ1) is 8.82. The normalized spacial score (nSPS) is 11.6. The van der Waals surface area contributed by atoms with Crippen LogP contribution in [-0.2, 0) is 14.8 Å². The highest BCUT2D eigenvalue weighted by molar-refractivity contribution is 7.89. The number of anilines is 1. The molecule has 0 aromatic heterocycles. The van der Waals surface area contributed by atoms with Gasteiger partial charge in [0.15, 0.2) is 0 Å². The number of carbonyl (C=O) groups excluding carboxylic acids is 1. The minimum Gasteiger partial charge on any atom is -0.397 e. The number of sulfonamides is 1. The molecule has 19 heavy (non-hydrogen) atoms. The summed E-state index contributed by atoms with van der Waals surface area (Å²) >= 11 is 5.75. The number of rotatable bonds is 5. The van der Waals surface area contributed by atoms with Crippen molar-refractivity contribution in [1.82, 2.24) is 9.62 Å². The molecule has 0 spiro atoms. The van der Waals surface area contributed by atoms with Crippen molar-refractivity contribution in [3.8, 4) is 0 Å². The maximum absolute atomic E-state index is 12.3. The second-order valence-corrected chi connectivity index (χ2v) is 6.13. The number of hydrogen-bond donors (Lipinski definition) is 2. The van der Waals surface area contributed by atoms with E-state index in [1.54, 1.807) is 6.92 Å². The second-order valence-electron chi connectivity index (χ2n) is 3.79. The molecule has 0 saturated carbocycles. The van der Waals surface area contributed by atoms with E-state index >= 15 is 0 Å². The molecule has 0 bridgehead atoms. The molecule has 0 heterocycles. The average molecular weight is 306 g/mol. The first-order valence-corrected chi connectivity index (χ1v) is 7.40. The van der Waals surface area contributed by atoms with E-state index in [1.807, 2.05) is 0 Å². The molecule has 0 saturated heterocycles. The Hall–Kier alpha value is -1.31. The molecule has 0 radical (unpaired) electrons. The predicted octanol–water partition coefficient (Wildman–Crippen LogP) is 0.679. The highest BCUT2D eigenvalue weighted by Gasteiger charge is 2.25. The highest BCUT2D eigenvalue weighted by atomic mass is 35.5. The smallest absolute Gasteiger partial charge is 0.243 e. The summed E-state index contributed by atoms with van der Waals surface area (Å²) in [6.45, 7) is 1.59. The van der Waals surface area contributed by atoms with E-state index < -0.39 is 10.0 Å². The average Bonchev–Trinajstić information content (AvgIpc) is 2.38. The van der Waals surface area contributed by atoms with Gasteiger partial charge in [0, 0.05) is 13.6 Å². The molecule has 0 aliphatic carbocycles. The number of nitrogen functional groups attached to an aromatic ring is 1. The van der Waals surface area contributed by atoms with Crippen molar-refractivity contribution in [2.45, 2.75) is 11.8 Å². The van der Waals surface area contributed by atoms with Crippen molar-refractivity contribution in [3.05, 3.63) is 23.2 Å². The number of nitrogens with two attached hydrogens (primary N) is 1. The Balaban J connectivity index is 3.13. The number of benzene rings is 1. The molecule has 1 aromatic rings. The summed E-state index contributed by atoms with van der Waals surface area (Å²) < 4.78 is 25.7. The van der Waals surface area contributed by atoms with E-state index in [-0.39, 0.29) is 34.6 Å². The molecular weight excluding hydrogens is 290 g/mol. The van der Waals surface area contributed by atoms with Gasteiger partial charge in [0.05, 0.1) is 22.2 Å². The molecule has 6 nitrogen and oxygen atoms in total. The largest absolute Gasteiger partial charge is 0.397 e. The highest BCUT2D eigenvalue weighted by Crippen LogP contribution is 2.24. The van der Waals surface area contributed by atoms with E-state index in [0.29, 0.717) is 0 Å². The van der Waals surface area contributed by atoms with E-state index in [2.05, 4.69) is 5.32 Å². The fourth-order valence-electron chi connectivity index (χ4n) is 1.44. The Bertz CT molecular complexity index is 575. The van der Waals surface area contributed by atoms with E-state index in [0.717, 1.165) is 4.31 Å². The van der Waals surface area contributed by atoms with Gasteiger partial charge in [-0.1, -0.05) is 18.5 Å². The minimum atomic E-state index is -3.76. The Labute approximate surface area is 117 Å². The number of halogens is 1. The van der Waals surface area contributed by atoms with Crippen LogP contribution in [0.4, 0.5) is 5.69 Å². The van der Waals surface area contributed by atoms with Gasteiger partial charge in [-0.05, 0) is 18.2 Å². The van der Waals surface area contributed by atoms with Crippen molar-refractivity contribution in [1.29, 1.82) is 0 Å². The Morgan fingerprint density at radius 2 is 2.11 bits per heavy atom. The van der Waals surface area contributed by atoms with Gasteiger partial charge in [0.2, 0.25) is 15.9 Å². The van der Waals surface area contributed by atoms with Gasteiger partial charge in [0.25, 0.3) is 0 Å². The summed E-state index contributed by atoms with van der Waals surface area (Å²) in [5.41, 5.74) is 5.77. The van der Waals surface area contributed by atoms with Crippen LogP contribution >= 0.6 is 11.6 Å². The van der Waals surface area contributed by atoms with Gasteiger partial charge < -0.3 is 11.1 Å². The lowest BCUT2D eigenvalue weighted by atomic mass is 10.3. The van der Waals surface area contributed by atoms with Crippen LogP contribution in [-0.4, -0.2) is 38.8 Å². The van der Waals surface area contributed by atoms with E-state index in [4.69, 9.17) is 17.3 Å². The molecule has 0 unspecified atom stereocenters. The third-order valence-corrected chi connectivity index (χ3v) is 4.82. The molecule has 8 heteroatoms. The standard InChI is InChI=1S/C11H16ClN3O3S/c1-3-15(7-11(16)14-2)19(17,18)8-4-5-9(12)10(13)6-8/h4-6H,3,7,13H2,1-2H3,(H,14,16). The maximum atomic E-state index is 12.3. The lowest BCUT2D eigenvalue weighted by molar-refractivity contribution is -0.120. The van der Waals surface area contributed by atoms with Crippen molar-refractivity contribution >= 4 is 33.2 Å². The van der Waals surface area contributed by atoms with Crippen LogP contribution in [0.5, 0.6) is 0 Å². The Morgan fingerprint density at radius 1 is 1.47 bits per heavy atom. The summed E-state index contributed by atoms with van der Waals surface area (Å²) in [7, 11) is -2.31. The molecule has 0 aliphatic heterocycles. The van der Waals surface area contributed by atoms with Crippen LogP contribution in [0.15, 0.2) is 23.1 Å². The fraction of sp³-hybridized carbons (Fsp3) is 0.364. The van der Waals surface area contributed by atoms with Crippen LogP contribution in [0.1, 0.15) is 6.92 Å². The number of likely N-dealkylation sites (N-methyl/N-ethyl adjacent to an activating group) is 2. The van der Waals surface area contributed by atoms with Gasteiger partial charge in [0.1, 0.15) is 0 Å². The van der Waals surface area contributed by atoms with Crippen molar-refractivity contribution in [2.75, 3.05) is 25.9 Å². The first-order valence-electron chi connectivity index (χ1n) is 5.58. The summed E-state index contributed by atoms with van der Waals surface area (Å²) in [4.78, 5) is 11.3. The molecule has 3 N–H and O–H groups in total. The Kier molecular flexibility index (Phi) is 5.16. The van der Waals surface area contributed by atoms with Crippen LogP contribution in [0.2, 0.25) is 5.02 Å². The van der Waals surface area contributed by atoms with Crippen LogP contribution in [0.25, 0.3) is 0 Å². The molecule has 106 valence electrons. The van der Waals surface area contributed by atoms with Gasteiger partial charge >= 0.3 is 0 Å². The summed E-state index contributed by atoms with van der Waals surface area (Å²) in [5, 5.41) is 2.67. The number of nitrogens with zero attached hydrogens (tertiary/aromatic N) is 1. The van der Waals surface area contributed by atoms with Crippen molar-refractivity contribution in [3.63, 3.8) is 0 Å². The second kappa shape index (κ2) is 6.23. The number of nitrogens with one attached hydrogen (secondary N) is 1. The van der Waals surface area contributed by atoms with Gasteiger partial charge in [-0.3, -0.25) is 4.79 Å². The quantitative estimate of drug-likeness (QED) is 0.782. The lowest BCUT2D eigenvalue weighted by Gasteiger charge is -2.19. The SMILES string of the molecule is CCN(CC(=O)NC)S(=O)(=O)c1ccc(Cl)c(N)c1. The van der Waals surface area contributed by atoms with Crippen LogP contribution < -0.4 is 11.1 Å². The number of hydrogen-bond acceptors (Lipinski definition) is 4. The van der Waals surface area contributed by atoms with Crippen LogP contribution in [0.3, 0.4) is 0 Å². The van der Waals surface area contributed by atoms with Gasteiger partial charge in [-0.25, -0.2) is 8.42 Å². The van der Waals surface area contributed by atoms with E-state index in [1.165, 1.54) is 25.2 Å². The predicted molar refractivity (Wildman–Crippen MR) is 74.4 cm³/mol. The topological polar surface area (TPSA) is 92.5 Å². The van der Waals surface area contributed by atoms with Crippen molar-refractivity contribution in [2.24, 2.45) is 0 Å². The summed E-state index contributed by atoms with van der Waals surface area (Å²) in [5.74, 6) is -0.382. The molecule has 0 atom stereocenters. The monoisotopic (exact) mass is 305 g/mol. The molecule has 1 aromatic carbocycles. The zero-order chi connectivity index (χ0) is 14.6. The molecule has 1 rings (SSSR count). The van der Waals surface area contributed by atoms with Crippen LogP contribution in [0, 0.1) is 0 Å². The lowest BCUT2D eigenvalue weighted by Crippen LogP contribution is -2.39. The Morgan fingerprint density at radius 3 is 2.58 bits per heavy atom. The summed E-state index contributed by atoms with van der Waals surface area (Å²) in [6.07, 6.45) is 0. The third kappa shape index (κ3) is 3.59. The van der Waals surface area contributed by atoms with E-state index in [9.17, 15) is 13.2 Å². The minimum absolute atomic E-state index is 0.0140. The van der Waals surface area contributed by atoms with Crippen molar-refractivity contribution < 1.29 is 13.2 Å². The summed E-state index contributed by atoms with van der Waals surface area (Å²) in [6, 6.07) is 4.06. The molecule has 1 amide bonds. The van der Waals surface area contributed by atoms with Gasteiger partial charge in [-0.2, -0.15) is 4.31 Å². The molecule has 0 fully saturated rings. The molecule has 0 aliphatic rings. The maximum Gasteiger partial charge on any atom is 0.243 e. The number of amides is 1.